The molecule has 1 saturated heterocycles. The van der Waals surface area contributed by atoms with Gasteiger partial charge in [0, 0.05) is 11.3 Å². The lowest BCUT2D eigenvalue weighted by atomic mass is 9.88. The Morgan fingerprint density at radius 3 is 2.08 bits per heavy atom. The van der Waals surface area contributed by atoms with Crippen molar-refractivity contribution in [2.75, 3.05) is 25.5 Å². The molecule has 4 aromatic carbocycles. The van der Waals surface area contributed by atoms with Crippen LogP contribution >= 0.6 is 0 Å². The molecule has 0 spiro atoms. The molecule has 10 heteroatoms. The first kappa shape index (κ1) is 34.4. The molecule has 0 bridgehead atoms. The minimum atomic E-state index is -4.44. The molecule has 2 atom stereocenters. The van der Waals surface area contributed by atoms with E-state index in [1.54, 1.807) is 24.3 Å². The Hall–Kier alpha value is -4.96. The summed E-state index contributed by atoms with van der Waals surface area (Å²) in [6.45, 7) is 3.17. The van der Waals surface area contributed by atoms with Crippen LogP contribution in [-0.2, 0) is 20.5 Å². The van der Waals surface area contributed by atoms with E-state index >= 15 is 0 Å². The number of methoxy groups -OCH3 is 1. The van der Waals surface area contributed by atoms with Crippen molar-refractivity contribution in [3.05, 3.63) is 125 Å². The van der Waals surface area contributed by atoms with Crippen LogP contribution in [-0.4, -0.2) is 48.9 Å². The van der Waals surface area contributed by atoms with Gasteiger partial charge in [0.25, 0.3) is 5.91 Å². The zero-order valence-electron chi connectivity index (χ0n) is 26.8. The largest absolute Gasteiger partial charge is 0.467 e. The first-order chi connectivity index (χ1) is 23.1. The van der Waals surface area contributed by atoms with Crippen molar-refractivity contribution in [1.82, 2.24) is 10.2 Å². The molecule has 0 aromatic heterocycles. The Bertz CT molecular complexity index is 1700. The van der Waals surface area contributed by atoms with Crippen LogP contribution in [0.2, 0.25) is 0 Å². The Kier molecular flexibility index (Phi) is 11.0. The molecule has 0 saturated carbocycles. The van der Waals surface area contributed by atoms with Gasteiger partial charge in [-0.25, -0.2) is 4.79 Å². The first-order valence-corrected chi connectivity index (χ1v) is 15.9. The van der Waals surface area contributed by atoms with Gasteiger partial charge in [0.15, 0.2) is 0 Å². The highest BCUT2D eigenvalue weighted by atomic mass is 19.4. The van der Waals surface area contributed by atoms with E-state index < -0.39 is 29.8 Å². The van der Waals surface area contributed by atoms with Crippen molar-refractivity contribution in [1.29, 1.82) is 0 Å². The van der Waals surface area contributed by atoms with Crippen molar-refractivity contribution >= 4 is 23.5 Å². The molecule has 48 heavy (non-hydrogen) atoms. The number of piperidine rings is 1. The highest BCUT2D eigenvalue weighted by Crippen LogP contribution is 2.34. The average molecular weight is 658 g/mol. The van der Waals surface area contributed by atoms with Crippen LogP contribution in [0.5, 0.6) is 0 Å². The number of nitrogens with one attached hydrogen (secondary N) is 2. The van der Waals surface area contributed by atoms with Crippen molar-refractivity contribution in [3.8, 4) is 11.1 Å². The molecule has 0 aliphatic carbocycles. The van der Waals surface area contributed by atoms with E-state index in [9.17, 15) is 27.6 Å². The molecular weight excluding hydrogens is 619 g/mol. The van der Waals surface area contributed by atoms with Gasteiger partial charge in [-0.05, 0) is 90.9 Å². The smallest absolute Gasteiger partial charge is 0.416 e. The predicted molar refractivity (Wildman–Crippen MR) is 178 cm³/mol. The summed E-state index contributed by atoms with van der Waals surface area (Å²) in [4.78, 5) is 41.1. The van der Waals surface area contributed by atoms with E-state index in [4.69, 9.17) is 4.74 Å². The van der Waals surface area contributed by atoms with Crippen molar-refractivity contribution < 1.29 is 32.3 Å². The fraction of sp³-hybridized carbons (Fsp3) is 0.289. The van der Waals surface area contributed by atoms with Crippen LogP contribution in [0.15, 0.2) is 103 Å². The number of rotatable bonds is 10. The highest BCUT2D eigenvalue weighted by Gasteiger charge is 2.34. The van der Waals surface area contributed by atoms with Gasteiger partial charge in [0.05, 0.1) is 12.7 Å². The van der Waals surface area contributed by atoms with Crippen LogP contribution in [0.4, 0.5) is 18.9 Å². The van der Waals surface area contributed by atoms with Crippen LogP contribution in [0.25, 0.3) is 11.1 Å². The lowest BCUT2D eigenvalue weighted by Gasteiger charge is -2.37. The summed E-state index contributed by atoms with van der Waals surface area (Å²) >= 11 is 0. The monoisotopic (exact) mass is 657 g/mol. The summed E-state index contributed by atoms with van der Waals surface area (Å²) in [6, 6.07) is 27.5. The number of alkyl halides is 3. The van der Waals surface area contributed by atoms with Crippen LogP contribution in [0, 0.1) is 0 Å². The molecule has 250 valence electrons. The fourth-order valence-electron chi connectivity index (χ4n) is 6.18. The Balaban J connectivity index is 1.23. The van der Waals surface area contributed by atoms with E-state index in [-0.39, 0.29) is 17.7 Å². The number of hydrogen-bond acceptors (Lipinski definition) is 5. The summed E-state index contributed by atoms with van der Waals surface area (Å²) in [5, 5.41) is 5.79. The normalized spacial score (nSPS) is 15.3. The number of esters is 1. The van der Waals surface area contributed by atoms with Crippen molar-refractivity contribution in [2.24, 2.45) is 0 Å². The van der Waals surface area contributed by atoms with E-state index in [0.29, 0.717) is 41.9 Å². The Labute approximate surface area is 278 Å². The molecule has 2 amide bonds. The number of amides is 2. The van der Waals surface area contributed by atoms with Crippen molar-refractivity contribution in [2.45, 2.75) is 50.4 Å². The van der Waals surface area contributed by atoms with Gasteiger partial charge in [-0.1, -0.05) is 79.7 Å². The maximum Gasteiger partial charge on any atom is 0.416 e. The van der Waals surface area contributed by atoms with Crippen LogP contribution < -0.4 is 10.6 Å². The number of halogens is 3. The summed E-state index contributed by atoms with van der Waals surface area (Å²) in [5.74, 6) is -0.824. The zero-order valence-corrected chi connectivity index (χ0v) is 26.8. The third kappa shape index (κ3) is 8.12. The summed E-state index contributed by atoms with van der Waals surface area (Å²) < 4.78 is 44.0. The highest BCUT2D eigenvalue weighted by molar-refractivity contribution is 6.08. The number of anilines is 1. The lowest BCUT2D eigenvalue weighted by molar-refractivity contribution is -0.146. The molecule has 5 rings (SSSR count). The van der Waals surface area contributed by atoms with Crippen LogP contribution in [0.1, 0.15) is 65.2 Å². The molecular formula is C38H38F3N3O4. The number of likely N-dealkylation sites (tertiary alicyclic amines) is 1. The average Bonchev–Trinajstić information content (AvgIpc) is 3.11. The molecule has 2 N–H and O–H groups in total. The number of ether oxygens (including phenoxy) is 1. The molecule has 0 radical (unpaired) electrons. The number of hydrogen-bond donors (Lipinski definition) is 2. The van der Waals surface area contributed by atoms with E-state index in [1.165, 1.54) is 19.2 Å². The third-order valence-corrected chi connectivity index (χ3v) is 8.80. The third-order valence-electron chi connectivity index (χ3n) is 8.80. The number of nitrogens with zero attached hydrogens (tertiary/aromatic N) is 1. The first-order valence-electron chi connectivity index (χ1n) is 15.9. The minimum absolute atomic E-state index is 0.239. The van der Waals surface area contributed by atoms with Gasteiger partial charge in [0.2, 0.25) is 5.91 Å². The number of benzene rings is 4. The van der Waals surface area contributed by atoms with E-state index in [2.05, 4.69) is 15.5 Å². The van der Waals surface area contributed by atoms with Crippen molar-refractivity contribution in [3.63, 3.8) is 0 Å². The maximum atomic E-state index is 13.5. The van der Waals surface area contributed by atoms with Gasteiger partial charge in [0.1, 0.15) is 12.1 Å². The molecule has 1 fully saturated rings. The summed E-state index contributed by atoms with van der Waals surface area (Å²) in [6.07, 6.45) is -2.39. The number of carbonyl (C=O) groups is 3. The standard InChI is InChI=1S/C38H38F3N3O4/c1-3-33(37(47)48-2)43-36(46)34(28-9-5-4-6-10-28)44-23-21-26(22-24-44)25-15-19-30(20-16-25)42-35(45)32-12-8-7-11-31(32)27-13-17-29(18-14-27)38(39,40)41/h4-20,26,33-34H,3,21-24H2,1-2H3,(H,42,45)(H,43,46). The Morgan fingerprint density at radius 1 is 0.854 bits per heavy atom. The minimum Gasteiger partial charge on any atom is -0.467 e. The quantitative estimate of drug-likeness (QED) is 0.172. The van der Waals surface area contributed by atoms with Gasteiger partial charge in [-0.15, -0.1) is 0 Å². The second kappa shape index (κ2) is 15.3. The second-order valence-electron chi connectivity index (χ2n) is 11.8. The lowest BCUT2D eigenvalue weighted by Crippen LogP contribution is -2.49. The zero-order chi connectivity index (χ0) is 34.3. The fourth-order valence-corrected chi connectivity index (χ4v) is 6.18. The Morgan fingerprint density at radius 2 is 1.48 bits per heavy atom. The van der Waals surface area contributed by atoms with Gasteiger partial charge >= 0.3 is 12.1 Å². The maximum absolute atomic E-state index is 13.5. The van der Waals surface area contributed by atoms with Gasteiger partial charge < -0.3 is 15.4 Å². The predicted octanol–water partition coefficient (Wildman–Crippen LogP) is 7.61. The summed E-state index contributed by atoms with van der Waals surface area (Å²) in [5.41, 5.74) is 3.22. The molecule has 4 aromatic rings. The molecule has 1 heterocycles. The molecule has 1 aliphatic heterocycles. The van der Waals surface area contributed by atoms with Gasteiger partial charge in [-0.3, -0.25) is 14.5 Å². The molecule has 7 nitrogen and oxygen atoms in total. The molecule has 1 aliphatic rings. The van der Waals surface area contributed by atoms with E-state index in [1.807, 2.05) is 61.5 Å². The second-order valence-corrected chi connectivity index (χ2v) is 11.8. The number of carbonyl (C=O) groups excluding carboxylic acids is 3. The van der Waals surface area contributed by atoms with Gasteiger partial charge in [-0.2, -0.15) is 13.2 Å². The summed E-state index contributed by atoms with van der Waals surface area (Å²) in [7, 11) is 1.31. The SMILES string of the molecule is CCC(NC(=O)C(c1ccccc1)N1CCC(c2ccc(NC(=O)c3ccccc3-c3ccc(C(F)(F)F)cc3)cc2)CC1)C(=O)OC. The van der Waals surface area contributed by atoms with Crippen LogP contribution in [0.3, 0.4) is 0 Å². The molecule has 2 unspecified atom stereocenters. The topological polar surface area (TPSA) is 87.7 Å². The van der Waals surface area contributed by atoms with E-state index in [0.717, 1.165) is 36.1 Å².